The number of fused-ring (bicyclic) bond motifs is 2. The highest BCUT2D eigenvalue weighted by Gasteiger charge is 2.38. The fourth-order valence-electron chi connectivity index (χ4n) is 2.50. The second-order valence-electron chi connectivity index (χ2n) is 4.51. The number of hydrogen-bond donors (Lipinski definition) is 0. The van der Waals surface area contributed by atoms with E-state index in [1.54, 1.807) is 0 Å². The van der Waals surface area contributed by atoms with Crippen molar-refractivity contribution in [1.29, 1.82) is 0 Å². The summed E-state index contributed by atoms with van der Waals surface area (Å²) in [5.41, 5.74) is 1.16. The van der Waals surface area contributed by atoms with Crippen LogP contribution in [0.1, 0.15) is 11.5 Å². The van der Waals surface area contributed by atoms with Gasteiger partial charge in [0.15, 0.2) is 11.5 Å². The molecule has 2 heterocycles. The number of ether oxygens (including phenoxy) is 3. The monoisotopic (exact) mass is 240 g/mol. The van der Waals surface area contributed by atoms with E-state index in [4.69, 9.17) is 14.2 Å². The Bertz CT molecular complexity index is 569. The normalized spacial score (nSPS) is 20.6. The van der Waals surface area contributed by atoms with Crippen LogP contribution in [0.25, 0.3) is 0 Å². The summed E-state index contributed by atoms with van der Waals surface area (Å²) in [5.74, 6) is 2.69. The van der Waals surface area contributed by atoms with Gasteiger partial charge in [-0.1, -0.05) is 30.3 Å². The third kappa shape index (κ3) is 1.37. The van der Waals surface area contributed by atoms with E-state index in [0.717, 1.165) is 22.8 Å². The fraction of sp³-hybridized carbons (Fsp3) is 0.200. The molecule has 2 aromatic rings. The molecule has 4 rings (SSSR count). The summed E-state index contributed by atoms with van der Waals surface area (Å²) in [7, 11) is 0. The standard InChI is InChI=1S/C15H12O3/c1-2-6-12-10(5-1)11(9-16-12)15-17-13-7-3-4-8-14(13)18-15/h1-8,11,15H,9H2. The summed E-state index contributed by atoms with van der Waals surface area (Å²) < 4.78 is 17.4. The van der Waals surface area contributed by atoms with Crippen molar-refractivity contribution in [2.45, 2.75) is 12.2 Å². The SMILES string of the molecule is c1ccc2c(c1)OC(C1COc3ccccc31)O2. The van der Waals surface area contributed by atoms with E-state index in [-0.39, 0.29) is 12.2 Å². The van der Waals surface area contributed by atoms with Crippen molar-refractivity contribution in [3.63, 3.8) is 0 Å². The van der Waals surface area contributed by atoms with Crippen LogP contribution >= 0.6 is 0 Å². The highest BCUT2D eigenvalue weighted by Crippen LogP contribution is 2.42. The summed E-state index contributed by atoms with van der Waals surface area (Å²) in [5, 5.41) is 0. The first-order valence-electron chi connectivity index (χ1n) is 6.06. The molecule has 0 bridgehead atoms. The predicted octanol–water partition coefficient (Wildman–Crippen LogP) is 2.96. The van der Waals surface area contributed by atoms with Gasteiger partial charge in [-0.15, -0.1) is 0 Å². The Labute approximate surface area is 105 Å². The van der Waals surface area contributed by atoms with Crippen LogP contribution in [0.2, 0.25) is 0 Å². The Morgan fingerprint density at radius 2 is 1.39 bits per heavy atom. The minimum atomic E-state index is -0.286. The van der Waals surface area contributed by atoms with Gasteiger partial charge < -0.3 is 14.2 Å². The summed E-state index contributed by atoms with van der Waals surface area (Å²) in [6.45, 7) is 0.609. The van der Waals surface area contributed by atoms with E-state index in [2.05, 4.69) is 6.07 Å². The molecule has 1 atom stereocenters. The molecule has 3 heteroatoms. The van der Waals surface area contributed by atoms with Crippen molar-refractivity contribution >= 4 is 0 Å². The maximum absolute atomic E-state index is 5.85. The first-order valence-corrected chi connectivity index (χ1v) is 6.06. The van der Waals surface area contributed by atoms with Gasteiger partial charge in [-0.3, -0.25) is 0 Å². The summed E-state index contributed by atoms with van der Waals surface area (Å²) in [6, 6.07) is 15.8. The molecule has 0 N–H and O–H groups in total. The predicted molar refractivity (Wildman–Crippen MR) is 66.2 cm³/mol. The molecule has 2 aliphatic rings. The lowest BCUT2D eigenvalue weighted by Gasteiger charge is -2.16. The van der Waals surface area contributed by atoms with Crippen LogP contribution in [0.15, 0.2) is 48.5 Å². The lowest BCUT2D eigenvalue weighted by atomic mass is 10.0. The van der Waals surface area contributed by atoms with E-state index < -0.39 is 0 Å². The molecule has 0 spiro atoms. The third-order valence-corrected chi connectivity index (χ3v) is 3.40. The van der Waals surface area contributed by atoms with Crippen LogP contribution in [0.4, 0.5) is 0 Å². The molecule has 2 aromatic carbocycles. The molecule has 90 valence electrons. The van der Waals surface area contributed by atoms with Crippen molar-refractivity contribution in [3.8, 4) is 17.2 Å². The minimum Gasteiger partial charge on any atom is -0.492 e. The van der Waals surface area contributed by atoms with Crippen LogP contribution in [-0.4, -0.2) is 12.9 Å². The molecule has 0 fully saturated rings. The maximum Gasteiger partial charge on any atom is 0.251 e. The second-order valence-corrected chi connectivity index (χ2v) is 4.51. The summed E-state index contributed by atoms with van der Waals surface area (Å²) >= 11 is 0. The highest BCUT2D eigenvalue weighted by molar-refractivity contribution is 5.45. The van der Waals surface area contributed by atoms with Crippen molar-refractivity contribution in [3.05, 3.63) is 54.1 Å². The smallest absolute Gasteiger partial charge is 0.251 e. The summed E-state index contributed by atoms with van der Waals surface area (Å²) in [6.07, 6.45) is -0.286. The Morgan fingerprint density at radius 3 is 2.11 bits per heavy atom. The van der Waals surface area contributed by atoms with Crippen LogP contribution in [0.5, 0.6) is 17.2 Å². The zero-order valence-corrected chi connectivity index (χ0v) is 9.71. The highest BCUT2D eigenvalue weighted by atomic mass is 16.7. The molecular weight excluding hydrogens is 228 g/mol. The molecule has 18 heavy (non-hydrogen) atoms. The van der Waals surface area contributed by atoms with Gasteiger partial charge >= 0.3 is 0 Å². The maximum atomic E-state index is 5.85. The average Bonchev–Trinajstić information content (AvgIpc) is 3.02. The van der Waals surface area contributed by atoms with Gasteiger partial charge in [-0.25, -0.2) is 0 Å². The molecule has 0 aromatic heterocycles. The Morgan fingerprint density at radius 1 is 0.778 bits per heavy atom. The number of para-hydroxylation sites is 3. The molecule has 0 amide bonds. The van der Waals surface area contributed by atoms with E-state index >= 15 is 0 Å². The molecule has 3 nitrogen and oxygen atoms in total. The Hall–Kier alpha value is -2.16. The lowest BCUT2D eigenvalue weighted by molar-refractivity contribution is 0.0183. The number of rotatable bonds is 1. The number of hydrogen-bond acceptors (Lipinski definition) is 3. The quantitative estimate of drug-likeness (QED) is 0.767. The van der Waals surface area contributed by atoms with Gasteiger partial charge in [0.2, 0.25) is 0 Å². The van der Waals surface area contributed by atoms with Crippen molar-refractivity contribution in [1.82, 2.24) is 0 Å². The van der Waals surface area contributed by atoms with Crippen LogP contribution in [0.3, 0.4) is 0 Å². The van der Waals surface area contributed by atoms with Crippen LogP contribution in [-0.2, 0) is 0 Å². The first kappa shape index (κ1) is 9.83. The van der Waals surface area contributed by atoms with E-state index in [9.17, 15) is 0 Å². The van der Waals surface area contributed by atoms with E-state index in [0.29, 0.717) is 6.61 Å². The summed E-state index contributed by atoms with van der Waals surface area (Å²) in [4.78, 5) is 0. The fourth-order valence-corrected chi connectivity index (χ4v) is 2.50. The first-order chi connectivity index (χ1) is 8.92. The van der Waals surface area contributed by atoms with Crippen molar-refractivity contribution < 1.29 is 14.2 Å². The van der Waals surface area contributed by atoms with Gasteiger partial charge in [-0.2, -0.15) is 0 Å². The molecule has 0 aliphatic carbocycles. The van der Waals surface area contributed by atoms with E-state index in [1.807, 2.05) is 42.5 Å². The molecular formula is C15H12O3. The zero-order chi connectivity index (χ0) is 11.9. The van der Waals surface area contributed by atoms with Gasteiger partial charge in [0.25, 0.3) is 6.29 Å². The zero-order valence-electron chi connectivity index (χ0n) is 9.71. The van der Waals surface area contributed by atoms with Gasteiger partial charge in [-0.05, 0) is 18.2 Å². The largest absolute Gasteiger partial charge is 0.492 e. The topological polar surface area (TPSA) is 27.7 Å². The van der Waals surface area contributed by atoms with E-state index in [1.165, 1.54) is 0 Å². The lowest BCUT2D eigenvalue weighted by Crippen LogP contribution is -2.28. The average molecular weight is 240 g/mol. The molecule has 2 aliphatic heterocycles. The van der Waals surface area contributed by atoms with Gasteiger partial charge in [0.1, 0.15) is 12.4 Å². The van der Waals surface area contributed by atoms with Crippen molar-refractivity contribution in [2.75, 3.05) is 6.61 Å². The molecule has 0 saturated carbocycles. The molecule has 0 saturated heterocycles. The van der Waals surface area contributed by atoms with Crippen LogP contribution < -0.4 is 14.2 Å². The minimum absolute atomic E-state index is 0.133. The Balaban J connectivity index is 1.65. The van der Waals surface area contributed by atoms with Crippen LogP contribution in [0, 0.1) is 0 Å². The molecule has 1 unspecified atom stereocenters. The number of benzene rings is 2. The Kier molecular flexibility index (Phi) is 2.00. The second kappa shape index (κ2) is 3.67. The van der Waals surface area contributed by atoms with Gasteiger partial charge in [0.05, 0.1) is 5.92 Å². The van der Waals surface area contributed by atoms with Crippen molar-refractivity contribution in [2.24, 2.45) is 0 Å². The molecule has 0 radical (unpaired) electrons. The third-order valence-electron chi connectivity index (χ3n) is 3.40. The van der Waals surface area contributed by atoms with Gasteiger partial charge in [0, 0.05) is 5.56 Å².